The summed E-state index contributed by atoms with van der Waals surface area (Å²) in [5, 5.41) is 10.6. The number of halogens is 1. The van der Waals surface area contributed by atoms with Crippen LogP contribution >= 0.6 is 11.6 Å². The molecule has 164 valence electrons. The number of aromatic amines is 1. The second kappa shape index (κ2) is 8.72. The number of hydrogen-bond donors (Lipinski definition) is 2. The zero-order valence-electron chi connectivity index (χ0n) is 17.5. The Morgan fingerprint density at radius 2 is 1.91 bits per heavy atom. The number of nitrogens with one attached hydrogen (secondary N) is 2. The molecular formula is C22H19ClN4O5. The Morgan fingerprint density at radius 3 is 2.59 bits per heavy atom. The number of aromatic nitrogens is 3. The first kappa shape index (κ1) is 21.4. The van der Waals surface area contributed by atoms with E-state index in [9.17, 15) is 9.59 Å². The van der Waals surface area contributed by atoms with E-state index in [2.05, 4.69) is 20.5 Å². The number of aryl methyl sites for hydroxylation is 1. The Morgan fingerprint density at radius 1 is 1.16 bits per heavy atom. The van der Waals surface area contributed by atoms with Crippen LogP contribution in [0.2, 0.25) is 5.02 Å². The zero-order valence-corrected chi connectivity index (χ0v) is 18.2. The number of anilines is 1. The van der Waals surface area contributed by atoms with E-state index < -0.39 is 11.5 Å². The third-order valence-electron chi connectivity index (χ3n) is 4.99. The van der Waals surface area contributed by atoms with Gasteiger partial charge in [0.15, 0.2) is 17.2 Å². The molecule has 2 aromatic carbocycles. The third kappa shape index (κ3) is 4.02. The molecular weight excluding hydrogens is 436 g/mol. The molecule has 0 spiro atoms. The number of H-pyrrole nitrogens is 1. The molecule has 0 saturated carbocycles. The maximum absolute atomic E-state index is 12.6. The van der Waals surface area contributed by atoms with E-state index in [0.717, 1.165) is 5.56 Å². The molecule has 4 aromatic rings. The minimum absolute atomic E-state index is 0.0918. The van der Waals surface area contributed by atoms with Gasteiger partial charge >= 0.3 is 5.63 Å². The number of amides is 1. The van der Waals surface area contributed by atoms with E-state index in [4.69, 9.17) is 25.5 Å². The molecule has 0 atom stereocenters. The zero-order chi connectivity index (χ0) is 22.8. The van der Waals surface area contributed by atoms with E-state index in [-0.39, 0.29) is 23.5 Å². The highest BCUT2D eigenvalue weighted by atomic mass is 35.5. The average Bonchev–Trinajstić information content (AvgIpc) is 3.24. The number of rotatable bonds is 6. The van der Waals surface area contributed by atoms with Gasteiger partial charge in [-0.3, -0.25) is 15.2 Å². The van der Waals surface area contributed by atoms with E-state index in [0.29, 0.717) is 33.3 Å². The highest BCUT2D eigenvalue weighted by Gasteiger charge is 2.20. The summed E-state index contributed by atoms with van der Waals surface area (Å²) in [6.45, 7) is 1.75. The molecule has 32 heavy (non-hydrogen) atoms. The fraction of sp³-hybridized carbons (Fsp3) is 0.182. The number of carbonyl (C=O) groups excluding carboxylic acids is 1. The fourth-order valence-corrected chi connectivity index (χ4v) is 3.48. The van der Waals surface area contributed by atoms with Crippen LogP contribution in [0.4, 0.5) is 5.95 Å². The summed E-state index contributed by atoms with van der Waals surface area (Å²) in [5.41, 5.74) is 1.24. The molecule has 0 radical (unpaired) electrons. The largest absolute Gasteiger partial charge is 0.493 e. The molecule has 0 fully saturated rings. The Balaban J connectivity index is 1.58. The summed E-state index contributed by atoms with van der Waals surface area (Å²) in [4.78, 5) is 29.5. The van der Waals surface area contributed by atoms with Crippen molar-refractivity contribution in [3.05, 3.63) is 63.0 Å². The van der Waals surface area contributed by atoms with Gasteiger partial charge in [0.2, 0.25) is 17.6 Å². The van der Waals surface area contributed by atoms with Gasteiger partial charge in [-0.15, -0.1) is 5.10 Å². The molecule has 2 aromatic heterocycles. The van der Waals surface area contributed by atoms with Gasteiger partial charge in [0.05, 0.1) is 26.2 Å². The van der Waals surface area contributed by atoms with Crippen molar-refractivity contribution < 1.29 is 18.7 Å². The monoisotopic (exact) mass is 454 g/mol. The van der Waals surface area contributed by atoms with Crippen molar-refractivity contribution in [2.24, 2.45) is 0 Å². The van der Waals surface area contributed by atoms with Crippen LogP contribution in [0.1, 0.15) is 11.1 Å². The van der Waals surface area contributed by atoms with Gasteiger partial charge in [-0.2, -0.15) is 4.98 Å². The number of ether oxygens (including phenoxy) is 2. The summed E-state index contributed by atoms with van der Waals surface area (Å²) in [6.07, 6.45) is -0.205. The summed E-state index contributed by atoms with van der Waals surface area (Å²) in [7, 11) is 2.96. The van der Waals surface area contributed by atoms with Crippen molar-refractivity contribution in [1.29, 1.82) is 0 Å². The Labute approximate surface area is 187 Å². The molecule has 0 aliphatic carbocycles. The first-order valence-corrected chi connectivity index (χ1v) is 9.94. The molecule has 0 saturated heterocycles. The number of benzene rings is 2. The lowest BCUT2D eigenvalue weighted by Gasteiger charge is -2.12. The third-order valence-corrected chi connectivity index (χ3v) is 5.24. The number of methoxy groups -OCH3 is 2. The summed E-state index contributed by atoms with van der Waals surface area (Å²) >= 11 is 5.89. The van der Waals surface area contributed by atoms with E-state index in [1.807, 2.05) is 0 Å². The van der Waals surface area contributed by atoms with Crippen molar-refractivity contribution >= 4 is 34.4 Å². The van der Waals surface area contributed by atoms with Crippen LogP contribution in [-0.2, 0) is 11.2 Å². The maximum Gasteiger partial charge on any atom is 0.340 e. The SMILES string of the molecule is COc1ccc2c(C)c(CC(=O)Nc3n[nH]c(-c4ccc(Cl)cc4)n3)c(=O)oc2c1OC. The molecule has 0 aliphatic heterocycles. The smallest absolute Gasteiger partial charge is 0.340 e. The quantitative estimate of drug-likeness (QED) is 0.426. The van der Waals surface area contributed by atoms with Gasteiger partial charge in [-0.05, 0) is 48.9 Å². The number of hydrogen-bond acceptors (Lipinski definition) is 7. The van der Waals surface area contributed by atoms with Crippen molar-refractivity contribution in [2.45, 2.75) is 13.3 Å². The lowest BCUT2D eigenvalue weighted by molar-refractivity contribution is -0.115. The molecule has 0 unspecified atom stereocenters. The minimum atomic E-state index is -0.631. The Bertz CT molecular complexity index is 1360. The predicted molar refractivity (Wildman–Crippen MR) is 119 cm³/mol. The van der Waals surface area contributed by atoms with Crippen LogP contribution in [0.5, 0.6) is 11.5 Å². The lowest BCUT2D eigenvalue weighted by Crippen LogP contribution is -2.21. The Kier molecular flexibility index (Phi) is 5.83. The standard InChI is InChI=1S/C22H19ClN4O5/c1-11-14-8-9-16(30-2)19(31-3)18(14)32-21(29)15(11)10-17(28)24-22-25-20(26-27-22)12-4-6-13(23)7-5-12/h4-9H,10H2,1-3H3,(H2,24,25,26,27,28). The van der Waals surface area contributed by atoms with Crippen molar-refractivity contribution in [2.75, 3.05) is 19.5 Å². The van der Waals surface area contributed by atoms with Crippen molar-refractivity contribution in [1.82, 2.24) is 15.2 Å². The summed E-state index contributed by atoms with van der Waals surface area (Å²) in [6, 6.07) is 10.5. The van der Waals surface area contributed by atoms with Gasteiger partial charge in [-0.1, -0.05) is 11.6 Å². The number of carbonyl (C=O) groups is 1. The lowest BCUT2D eigenvalue weighted by atomic mass is 10.0. The molecule has 4 rings (SSSR count). The van der Waals surface area contributed by atoms with Gasteiger partial charge in [0.1, 0.15) is 0 Å². The van der Waals surface area contributed by atoms with E-state index in [1.165, 1.54) is 14.2 Å². The molecule has 1 amide bonds. The highest BCUT2D eigenvalue weighted by Crippen LogP contribution is 2.36. The molecule has 2 N–H and O–H groups in total. The van der Waals surface area contributed by atoms with Gasteiger partial charge in [0.25, 0.3) is 0 Å². The number of fused-ring (bicyclic) bond motifs is 1. The maximum atomic E-state index is 12.6. The Hall–Kier alpha value is -3.85. The molecule has 0 bridgehead atoms. The van der Waals surface area contributed by atoms with E-state index >= 15 is 0 Å². The number of nitrogens with zero attached hydrogens (tertiary/aromatic N) is 2. The first-order chi connectivity index (χ1) is 15.4. The fourth-order valence-electron chi connectivity index (χ4n) is 3.35. The first-order valence-electron chi connectivity index (χ1n) is 9.56. The second-order valence-electron chi connectivity index (χ2n) is 6.91. The highest BCUT2D eigenvalue weighted by molar-refractivity contribution is 6.30. The topological polar surface area (TPSA) is 119 Å². The van der Waals surface area contributed by atoms with Gasteiger partial charge < -0.3 is 13.9 Å². The molecule has 0 aliphatic rings. The van der Waals surface area contributed by atoms with Crippen LogP contribution in [0, 0.1) is 6.92 Å². The average molecular weight is 455 g/mol. The predicted octanol–water partition coefficient (Wildman–Crippen LogP) is 3.74. The van der Waals surface area contributed by atoms with Gasteiger partial charge in [0, 0.05) is 16.0 Å². The van der Waals surface area contributed by atoms with Crippen molar-refractivity contribution in [3.8, 4) is 22.9 Å². The molecule has 2 heterocycles. The minimum Gasteiger partial charge on any atom is -0.493 e. The summed E-state index contributed by atoms with van der Waals surface area (Å²) in [5.74, 6) is 0.862. The van der Waals surface area contributed by atoms with Crippen LogP contribution in [0.15, 0.2) is 45.6 Å². The van der Waals surface area contributed by atoms with E-state index in [1.54, 1.807) is 43.3 Å². The summed E-state index contributed by atoms with van der Waals surface area (Å²) < 4.78 is 16.1. The second-order valence-corrected chi connectivity index (χ2v) is 7.35. The van der Waals surface area contributed by atoms with Crippen LogP contribution in [0.25, 0.3) is 22.4 Å². The molecule has 10 heteroatoms. The van der Waals surface area contributed by atoms with Crippen LogP contribution in [0.3, 0.4) is 0 Å². The van der Waals surface area contributed by atoms with Gasteiger partial charge in [-0.25, -0.2) is 4.79 Å². The van der Waals surface area contributed by atoms with Crippen LogP contribution < -0.4 is 20.4 Å². The van der Waals surface area contributed by atoms with Crippen LogP contribution in [-0.4, -0.2) is 35.3 Å². The molecule has 9 nitrogen and oxygen atoms in total. The van der Waals surface area contributed by atoms with Crippen molar-refractivity contribution in [3.63, 3.8) is 0 Å². The normalized spacial score (nSPS) is 10.9.